The van der Waals surface area contributed by atoms with Crippen molar-refractivity contribution in [2.75, 3.05) is 26.7 Å². The number of amides is 1. The van der Waals surface area contributed by atoms with Crippen LogP contribution in [0.15, 0.2) is 23.1 Å². The molecule has 0 unspecified atom stereocenters. The number of carbonyl (C=O) groups excluding carboxylic acids is 1. The molecule has 1 aromatic rings. The summed E-state index contributed by atoms with van der Waals surface area (Å²) >= 11 is 0. The Labute approximate surface area is 126 Å². The third-order valence-corrected chi connectivity index (χ3v) is 4.65. The number of carbonyl (C=O) groups is 1. The summed E-state index contributed by atoms with van der Waals surface area (Å²) < 4.78 is 31.8. The molecule has 7 heteroatoms. The summed E-state index contributed by atoms with van der Waals surface area (Å²) in [5.41, 5.74) is 0.330. The molecule has 1 rings (SSSR count). The SMILES string of the molecule is CCNS(=O)(=O)c1cc(C(=O)N(CC)CC)ccc1OC. The van der Waals surface area contributed by atoms with Gasteiger partial charge < -0.3 is 9.64 Å². The second kappa shape index (κ2) is 7.42. The van der Waals surface area contributed by atoms with Crippen molar-refractivity contribution in [1.82, 2.24) is 9.62 Å². The number of nitrogens with one attached hydrogen (secondary N) is 1. The van der Waals surface area contributed by atoms with Gasteiger partial charge >= 0.3 is 0 Å². The monoisotopic (exact) mass is 314 g/mol. The highest BCUT2D eigenvalue weighted by molar-refractivity contribution is 7.89. The minimum atomic E-state index is -3.69. The van der Waals surface area contributed by atoms with Gasteiger partial charge in [-0.05, 0) is 32.0 Å². The fourth-order valence-electron chi connectivity index (χ4n) is 1.98. The van der Waals surface area contributed by atoms with E-state index < -0.39 is 10.0 Å². The third-order valence-electron chi connectivity index (χ3n) is 3.09. The molecule has 0 atom stereocenters. The Morgan fingerprint density at radius 1 is 1.24 bits per heavy atom. The van der Waals surface area contributed by atoms with Crippen molar-refractivity contribution in [3.63, 3.8) is 0 Å². The Morgan fingerprint density at radius 3 is 2.33 bits per heavy atom. The quantitative estimate of drug-likeness (QED) is 0.827. The minimum Gasteiger partial charge on any atom is -0.495 e. The lowest BCUT2D eigenvalue weighted by Crippen LogP contribution is -2.31. The summed E-state index contributed by atoms with van der Waals surface area (Å²) in [6.07, 6.45) is 0. The van der Waals surface area contributed by atoms with Crippen LogP contribution in [0.25, 0.3) is 0 Å². The summed E-state index contributed by atoms with van der Waals surface area (Å²) in [6, 6.07) is 4.43. The van der Waals surface area contributed by atoms with Crippen molar-refractivity contribution in [1.29, 1.82) is 0 Å². The molecule has 21 heavy (non-hydrogen) atoms. The average molecular weight is 314 g/mol. The van der Waals surface area contributed by atoms with Crippen LogP contribution in [-0.4, -0.2) is 46.0 Å². The van der Waals surface area contributed by atoms with Crippen LogP contribution in [0.2, 0.25) is 0 Å². The van der Waals surface area contributed by atoms with Crippen molar-refractivity contribution in [2.45, 2.75) is 25.7 Å². The smallest absolute Gasteiger partial charge is 0.253 e. The molecule has 0 bridgehead atoms. The normalized spacial score (nSPS) is 11.2. The van der Waals surface area contributed by atoms with Gasteiger partial charge in [-0.1, -0.05) is 6.92 Å². The number of rotatable bonds is 7. The van der Waals surface area contributed by atoms with E-state index in [0.717, 1.165) is 0 Å². The van der Waals surface area contributed by atoms with E-state index in [0.29, 0.717) is 18.7 Å². The van der Waals surface area contributed by atoms with Crippen LogP contribution in [-0.2, 0) is 10.0 Å². The molecule has 1 amide bonds. The molecule has 0 saturated carbocycles. The molecular weight excluding hydrogens is 292 g/mol. The summed E-state index contributed by atoms with van der Waals surface area (Å²) in [5, 5.41) is 0. The Morgan fingerprint density at radius 2 is 1.86 bits per heavy atom. The Bertz CT molecular complexity index is 595. The predicted molar refractivity (Wildman–Crippen MR) is 81.1 cm³/mol. The lowest BCUT2D eigenvalue weighted by atomic mass is 10.2. The highest BCUT2D eigenvalue weighted by atomic mass is 32.2. The molecular formula is C14H22N2O4S. The summed E-state index contributed by atoms with van der Waals surface area (Å²) in [6.45, 7) is 6.84. The first-order chi connectivity index (χ1) is 9.91. The van der Waals surface area contributed by atoms with E-state index in [-0.39, 0.29) is 23.1 Å². The van der Waals surface area contributed by atoms with Gasteiger partial charge in [0, 0.05) is 25.2 Å². The molecule has 0 saturated heterocycles. The van der Waals surface area contributed by atoms with Gasteiger partial charge in [0.25, 0.3) is 5.91 Å². The van der Waals surface area contributed by atoms with Crippen LogP contribution in [0.4, 0.5) is 0 Å². The predicted octanol–water partition coefficient (Wildman–Crippen LogP) is 1.48. The Balaban J connectivity index is 3.32. The van der Waals surface area contributed by atoms with Crippen LogP contribution >= 0.6 is 0 Å². The molecule has 0 radical (unpaired) electrons. The molecule has 0 aliphatic carbocycles. The first-order valence-corrected chi connectivity index (χ1v) is 8.36. The van der Waals surface area contributed by atoms with Crippen molar-refractivity contribution < 1.29 is 17.9 Å². The van der Waals surface area contributed by atoms with Crippen LogP contribution in [0.1, 0.15) is 31.1 Å². The molecule has 1 aromatic carbocycles. The Kier molecular flexibility index (Phi) is 6.17. The van der Waals surface area contributed by atoms with E-state index in [1.165, 1.54) is 19.2 Å². The number of hydrogen-bond donors (Lipinski definition) is 1. The molecule has 0 aromatic heterocycles. The number of ether oxygens (including phenoxy) is 1. The molecule has 0 fully saturated rings. The number of benzene rings is 1. The number of hydrogen-bond acceptors (Lipinski definition) is 4. The average Bonchev–Trinajstić information content (AvgIpc) is 2.47. The van der Waals surface area contributed by atoms with Crippen LogP contribution in [0, 0.1) is 0 Å². The van der Waals surface area contributed by atoms with Crippen LogP contribution in [0.3, 0.4) is 0 Å². The largest absolute Gasteiger partial charge is 0.495 e. The van der Waals surface area contributed by atoms with E-state index >= 15 is 0 Å². The fraction of sp³-hybridized carbons (Fsp3) is 0.500. The zero-order chi connectivity index (χ0) is 16.0. The molecule has 0 heterocycles. The van der Waals surface area contributed by atoms with Gasteiger partial charge in [0.05, 0.1) is 7.11 Å². The zero-order valence-corrected chi connectivity index (χ0v) is 13.7. The van der Waals surface area contributed by atoms with E-state index in [1.54, 1.807) is 17.9 Å². The molecule has 118 valence electrons. The number of nitrogens with zero attached hydrogens (tertiary/aromatic N) is 1. The van der Waals surface area contributed by atoms with Crippen molar-refractivity contribution in [3.05, 3.63) is 23.8 Å². The highest BCUT2D eigenvalue weighted by Crippen LogP contribution is 2.25. The summed E-state index contributed by atoms with van der Waals surface area (Å²) in [5.74, 6) is 0.0163. The summed E-state index contributed by atoms with van der Waals surface area (Å²) in [7, 11) is -2.30. The van der Waals surface area contributed by atoms with Gasteiger partial charge in [0.15, 0.2) is 0 Å². The van der Waals surface area contributed by atoms with Gasteiger partial charge in [-0.3, -0.25) is 4.79 Å². The molecule has 0 aliphatic heterocycles. The highest BCUT2D eigenvalue weighted by Gasteiger charge is 2.22. The van der Waals surface area contributed by atoms with E-state index in [9.17, 15) is 13.2 Å². The van der Waals surface area contributed by atoms with Gasteiger partial charge in [-0.15, -0.1) is 0 Å². The van der Waals surface area contributed by atoms with Crippen molar-refractivity contribution in [2.24, 2.45) is 0 Å². The molecule has 1 N–H and O–H groups in total. The standard InChI is InChI=1S/C14H22N2O4S/c1-5-15-21(18,19)13-10-11(8-9-12(13)20-4)14(17)16(6-2)7-3/h8-10,15H,5-7H2,1-4H3. The fourth-order valence-corrected chi connectivity index (χ4v) is 3.21. The minimum absolute atomic E-state index is 0.0233. The Hall–Kier alpha value is -1.60. The zero-order valence-electron chi connectivity index (χ0n) is 12.8. The topological polar surface area (TPSA) is 75.7 Å². The lowest BCUT2D eigenvalue weighted by molar-refractivity contribution is 0.0772. The third kappa shape index (κ3) is 3.95. The lowest BCUT2D eigenvalue weighted by Gasteiger charge is -2.19. The first-order valence-electron chi connectivity index (χ1n) is 6.88. The van der Waals surface area contributed by atoms with Gasteiger partial charge in [0.2, 0.25) is 10.0 Å². The maximum atomic E-state index is 12.3. The van der Waals surface area contributed by atoms with E-state index in [4.69, 9.17) is 4.74 Å². The summed E-state index contributed by atoms with van der Waals surface area (Å²) in [4.78, 5) is 13.9. The van der Waals surface area contributed by atoms with E-state index in [1.807, 2.05) is 13.8 Å². The number of methoxy groups -OCH3 is 1. The van der Waals surface area contributed by atoms with Gasteiger partial charge in [-0.2, -0.15) is 0 Å². The second-order valence-corrected chi connectivity index (χ2v) is 6.08. The first kappa shape index (κ1) is 17.5. The molecule has 0 aliphatic rings. The second-order valence-electron chi connectivity index (χ2n) is 4.34. The number of sulfonamides is 1. The van der Waals surface area contributed by atoms with Crippen LogP contribution < -0.4 is 9.46 Å². The van der Waals surface area contributed by atoms with Gasteiger partial charge in [0.1, 0.15) is 10.6 Å². The maximum absolute atomic E-state index is 12.3. The molecule has 0 spiro atoms. The maximum Gasteiger partial charge on any atom is 0.253 e. The molecule has 6 nitrogen and oxygen atoms in total. The van der Waals surface area contributed by atoms with E-state index in [2.05, 4.69) is 4.72 Å². The van der Waals surface area contributed by atoms with Gasteiger partial charge in [-0.25, -0.2) is 13.1 Å². The van der Waals surface area contributed by atoms with Crippen molar-refractivity contribution >= 4 is 15.9 Å². The van der Waals surface area contributed by atoms with Crippen molar-refractivity contribution in [3.8, 4) is 5.75 Å². The van der Waals surface area contributed by atoms with Crippen LogP contribution in [0.5, 0.6) is 5.75 Å².